The third-order valence-corrected chi connectivity index (χ3v) is 6.88. The topological polar surface area (TPSA) is 73.2 Å². The lowest BCUT2D eigenvalue weighted by molar-refractivity contribution is -0.125. The first kappa shape index (κ1) is 19.4. The molecule has 2 aromatic heterocycles. The number of thiophene rings is 2. The van der Waals surface area contributed by atoms with E-state index in [1.54, 1.807) is 27.7 Å². The normalized spacial score (nSPS) is 19.0. The molecule has 1 aliphatic heterocycles. The predicted molar refractivity (Wildman–Crippen MR) is 116 cm³/mol. The summed E-state index contributed by atoms with van der Waals surface area (Å²) < 4.78 is 0. The van der Waals surface area contributed by atoms with Gasteiger partial charge in [0.15, 0.2) is 0 Å². The highest BCUT2D eigenvalue weighted by Crippen LogP contribution is 2.42. The largest absolute Gasteiger partial charge is 0.316 e. The minimum Gasteiger partial charge on any atom is -0.316 e. The number of carbonyl (C=O) groups excluding carboxylic acids is 2. The van der Waals surface area contributed by atoms with Crippen molar-refractivity contribution in [2.45, 2.75) is 25.8 Å². The quantitative estimate of drug-likeness (QED) is 0.636. The summed E-state index contributed by atoms with van der Waals surface area (Å²) in [4.78, 5) is 28.9. The van der Waals surface area contributed by atoms with Crippen LogP contribution in [0, 0.1) is 24.2 Å². The van der Waals surface area contributed by atoms with Crippen molar-refractivity contribution in [1.82, 2.24) is 0 Å². The molecule has 5 nitrogen and oxygen atoms in total. The van der Waals surface area contributed by atoms with Gasteiger partial charge in [0.25, 0.3) is 0 Å². The Labute approximate surface area is 177 Å². The maximum atomic E-state index is 13.2. The van der Waals surface area contributed by atoms with Gasteiger partial charge in [-0.25, -0.2) is 0 Å². The third kappa shape index (κ3) is 3.82. The average Bonchev–Trinajstić information content (AvgIpc) is 3.40. The van der Waals surface area contributed by atoms with Gasteiger partial charge in [0, 0.05) is 17.0 Å². The molecule has 0 unspecified atom stereocenters. The molecule has 1 saturated heterocycles. The highest BCUT2D eigenvalue weighted by Gasteiger charge is 2.42. The Bertz CT molecular complexity index is 1060. The van der Waals surface area contributed by atoms with Gasteiger partial charge in [-0.2, -0.15) is 5.26 Å². The van der Waals surface area contributed by atoms with Gasteiger partial charge in [0.2, 0.25) is 11.8 Å². The molecule has 0 aliphatic carbocycles. The molecule has 4 rings (SSSR count). The molecule has 3 aromatic rings. The van der Waals surface area contributed by atoms with Gasteiger partial charge >= 0.3 is 0 Å². The van der Waals surface area contributed by atoms with Crippen molar-refractivity contribution < 1.29 is 9.59 Å². The van der Waals surface area contributed by atoms with Crippen LogP contribution in [0.15, 0.2) is 53.2 Å². The Morgan fingerprint density at radius 2 is 1.97 bits per heavy atom. The lowest BCUT2D eigenvalue weighted by Crippen LogP contribution is -2.46. The second-order valence-electron chi connectivity index (χ2n) is 6.97. The first-order chi connectivity index (χ1) is 14.1. The number of hydrogen-bond donors (Lipinski definition) is 1. The Morgan fingerprint density at radius 3 is 2.66 bits per heavy atom. The van der Waals surface area contributed by atoms with Crippen molar-refractivity contribution in [2.75, 3.05) is 10.2 Å². The molecular formula is C22H19N3O2S2. The highest BCUT2D eigenvalue weighted by molar-refractivity contribution is 7.14. The van der Waals surface area contributed by atoms with E-state index in [9.17, 15) is 14.9 Å². The number of nitrogens with one attached hydrogen (secondary N) is 1. The number of anilines is 2. The van der Waals surface area contributed by atoms with Gasteiger partial charge in [-0.05, 0) is 48.4 Å². The smallest absolute Gasteiger partial charge is 0.230 e. The summed E-state index contributed by atoms with van der Waals surface area (Å²) in [6, 6.07) is 15.2. The molecule has 1 fully saturated rings. The molecule has 1 aliphatic rings. The first-order valence-corrected chi connectivity index (χ1v) is 11.0. The first-order valence-electron chi connectivity index (χ1n) is 9.29. The second kappa shape index (κ2) is 8.19. The van der Waals surface area contributed by atoms with Crippen LogP contribution in [0.4, 0.5) is 10.7 Å². The molecule has 2 amide bonds. The van der Waals surface area contributed by atoms with Gasteiger partial charge < -0.3 is 10.2 Å². The van der Waals surface area contributed by atoms with Gasteiger partial charge in [-0.15, -0.1) is 22.7 Å². The molecule has 0 saturated carbocycles. The number of amides is 2. The summed E-state index contributed by atoms with van der Waals surface area (Å²) in [5, 5.41) is 16.5. The number of benzene rings is 1. The number of rotatable bonds is 4. The van der Waals surface area contributed by atoms with E-state index >= 15 is 0 Å². The zero-order valence-corrected chi connectivity index (χ0v) is 17.4. The molecule has 146 valence electrons. The van der Waals surface area contributed by atoms with Crippen molar-refractivity contribution in [1.29, 1.82) is 5.26 Å². The van der Waals surface area contributed by atoms with Gasteiger partial charge in [-0.3, -0.25) is 9.59 Å². The monoisotopic (exact) mass is 421 g/mol. The van der Waals surface area contributed by atoms with Crippen LogP contribution in [0.2, 0.25) is 0 Å². The highest BCUT2D eigenvalue weighted by atomic mass is 32.1. The van der Waals surface area contributed by atoms with Crippen molar-refractivity contribution in [2.24, 2.45) is 5.92 Å². The van der Waals surface area contributed by atoms with Gasteiger partial charge in [-0.1, -0.05) is 23.8 Å². The van der Waals surface area contributed by atoms with E-state index in [2.05, 4.69) is 11.4 Å². The molecule has 1 aromatic carbocycles. The minimum atomic E-state index is -0.402. The number of aryl methyl sites for hydroxylation is 1. The standard InChI is InChI=1S/C22H19N3O2S2/c1-14-4-6-16(7-5-14)25-19(26)9-8-17(20(25)18-3-2-11-28-18)21(27)24-22-15(13-23)10-12-29-22/h2-7,10-12,17,20H,8-9H2,1H3,(H,24,27)/t17-,20+/m0/s1. The molecule has 0 radical (unpaired) electrons. The van der Waals surface area contributed by atoms with E-state index in [-0.39, 0.29) is 17.9 Å². The van der Waals surface area contributed by atoms with Gasteiger partial charge in [0.1, 0.15) is 11.1 Å². The lowest BCUT2D eigenvalue weighted by Gasteiger charge is -2.40. The lowest BCUT2D eigenvalue weighted by atomic mass is 9.86. The summed E-state index contributed by atoms with van der Waals surface area (Å²) in [5.41, 5.74) is 2.37. The van der Waals surface area contributed by atoms with Crippen molar-refractivity contribution in [3.05, 3.63) is 69.2 Å². The number of piperidine rings is 1. The van der Waals surface area contributed by atoms with Gasteiger partial charge in [0.05, 0.1) is 17.5 Å². The summed E-state index contributed by atoms with van der Waals surface area (Å²) in [6.45, 7) is 2.00. The Morgan fingerprint density at radius 1 is 1.17 bits per heavy atom. The van der Waals surface area contributed by atoms with Crippen LogP contribution >= 0.6 is 22.7 Å². The molecular weight excluding hydrogens is 402 g/mol. The molecule has 29 heavy (non-hydrogen) atoms. The van der Waals surface area contributed by atoms with Crippen molar-refractivity contribution in [3.63, 3.8) is 0 Å². The van der Waals surface area contributed by atoms with E-state index in [0.29, 0.717) is 23.4 Å². The van der Waals surface area contributed by atoms with E-state index in [1.807, 2.05) is 48.7 Å². The van der Waals surface area contributed by atoms with E-state index in [4.69, 9.17) is 0 Å². The van der Waals surface area contributed by atoms with Crippen LogP contribution in [0.5, 0.6) is 0 Å². The molecule has 3 heterocycles. The molecule has 7 heteroatoms. The Balaban J connectivity index is 1.71. The second-order valence-corrected chi connectivity index (χ2v) is 8.86. The fourth-order valence-corrected chi connectivity index (χ4v) is 5.28. The van der Waals surface area contributed by atoms with Crippen LogP contribution in [-0.4, -0.2) is 11.8 Å². The summed E-state index contributed by atoms with van der Waals surface area (Å²) in [5.74, 6) is -0.543. The zero-order valence-electron chi connectivity index (χ0n) is 15.8. The van der Waals surface area contributed by atoms with E-state index < -0.39 is 5.92 Å². The maximum absolute atomic E-state index is 13.2. The average molecular weight is 422 g/mol. The van der Waals surface area contributed by atoms with Crippen LogP contribution in [-0.2, 0) is 9.59 Å². The number of carbonyl (C=O) groups is 2. The number of nitriles is 1. The fourth-order valence-electron chi connectivity index (χ4n) is 3.66. The number of nitrogens with zero attached hydrogens (tertiary/aromatic N) is 2. The number of hydrogen-bond acceptors (Lipinski definition) is 5. The molecule has 1 N–H and O–H groups in total. The van der Waals surface area contributed by atoms with Crippen LogP contribution in [0.1, 0.15) is 34.9 Å². The van der Waals surface area contributed by atoms with E-state index in [1.165, 1.54) is 11.3 Å². The van der Waals surface area contributed by atoms with Crippen LogP contribution in [0.25, 0.3) is 0 Å². The Kier molecular flexibility index (Phi) is 5.47. The Hall–Kier alpha value is -2.95. The molecule has 2 atom stereocenters. The summed E-state index contributed by atoms with van der Waals surface area (Å²) in [6.07, 6.45) is 0.784. The van der Waals surface area contributed by atoms with Crippen molar-refractivity contribution >= 4 is 45.2 Å². The van der Waals surface area contributed by atoms with Crippen LogP contribution < -0.4 is 10.2 Å². The van der Waals surface area contributed by atoms with Crippen molar-refractivity contribution in [3.8, 4) is 6.07 Å². The zero-order chi connectivity index (χ0) is 20.4. The summed E-state index contributed by atoms with van der Waals surface area (Å²) >= 11 is 2.88. The molecule has 0 bridgehead atoms. The maximum Gasteiger partial charge on any atom is 0.230 e. The summed E-state index contributed by atoms with van der Waals surface area (Å²) in [7, 11) is 0. The predicted octanol–water partition coefficient (Wildman–Crippen LogP) is 5.11. The van der Waals surface area contributed by atoms with E-state index in [0.717, 1.165) is 16.1 Å². The molecule has 0 spiro atoms. The minimum absolute atomic E-state index is 0.0186. The van der Waals surface area contributed by atoms with Crippen LogP contribution in [0.3, 0.4) is 0 Å². The fraction of sp³-hybridized carbons (Fsp3) is 0.227. The SMILES string of the molecule is Cc1ccc(N2C(=O)CC[C@H](C(=O)Nc3sccc3C#N)[C@@H]2c2cccs2)cc1. The third-order valence-electron chi connectivity index (χ3n) is 5.10.